The van der Waals surface area contributed by atoms with Crippen molar-refractivity contribution in [3.63, 3.8) is 0 Å². The van der Waals surface area contributed by atoms with Gasteiger partial charge >= 0.3 is 0 Å². The van der Waals surface area contributed by atoms with Crippen LogP contribution in [0.4, 0.5) is 0 Å². The Bertz CT molecular complexity index is 490. The summed E-state index contributed by atoms with van der Waals surface area (Å²) in [6, 6.07) is 8.68. The highest BCUT2D eigenvalue weighted by atomic mass is 127. The minimum atomic E-state index is 0. The van der Waals surface area contributed by atoms with Crippen LogP contribution in [0.2, 0.25) is 0 Å². The Kier molecular flexibility index (Phi) is 7.28. The second-order valence-electron chi connectivity index (χ2n) is 4.40. The molecule has 0 bridgehead atoms. The molecule has 0 N–H and O–H groups in total. The largest absolute Gasteiger partial charge is 1.00 e. The van der Waals surface area contributed by atoms with Crippen molar-refractivity contribution in [1.29, 1.82) is 0 Å². The van der Waals surface area contributed by atoms with Gasteiger partial charge < -0.3 is 48.0 Å². The van der Waals surface area contributed by atoms with E-state index in [0.29, 0.717) is 0 Å². The van der Waals surface area contributed by atoms with Crippen LogP contribution in [0.5, 0.6) is 0 Å². The van der Waals surface area contributed by atoms with Gasteiger partial charge in [0.15, 0.2) is 12.4 Å². The molecule has 98 valence electrons. The van der Waals surface area contributed by atoms with Crippen LogP contribution >= 0.6 is 0 Å². The summed E-state index contributed by atoms with van der Waals surface area (Å²) in [5.41, 5.74) is 5.06. The van der Waals surface area contributed by atoms with E-state index in [-0.39, 0.29) is 48.0 Å². The lowest BCUT2D eigenvalue weighted by Gasteiger charge is -2.01. The van der Waals surface area contributed by atoms with Gasteiger partial charge in [0, 0.05) is 24.3 Å². The van der Waals surface area contributed by atoms with Gasteiger partial charge in [-0.2, -0.15) is 9.13 Å². The number of hydrogen-bond donors (Lipinski definition) is 0. The van der Waals surface area contributed by atoms with Crippen molar-refractivity contribution in [1.82, 2.24) is 0 Å². The maximum atomic E-state index is 2.22. The van der Waals surface area contributed by atoms with Gasteiger partial charge in [-0.1, -0.05) is 0 Å². The quantitative estimate of drug-likeness (QED) is 0.296. The van der Waals surface area contributed by atoms with E-state index < -0.39 is 0 Å². The summed E-state index contributed by atoms with van der Waals surface area (Å²) >= 11 is 0. The molecule has 2 nitrogen and oxygen atoms in total. The zero-order chi connectivity index (χ0) is 11.7. The monoisotopic (exact) mass is 468 g/mol. The lowest BCUT2D eigenvalue weighted by atomic mass is 10.1. The summed E-state index contributed by atoms with van der Waals surface area (Å²) in [6.07, 6.45) is 4.21. The summed E-state index contributed by atoms with van der Waals surface area (Å²) < 4.78 is 4.31. The summed E-state index contributed by atoms with van der Waals surface area (Å²) in [5, 5.41) is 0. The van der Waals surface area contributed by atoms with Gasteiger partial charge in [0.25, 0.3) is 11.4 Å². The van der Waals surface area contributed by atoms with Crippen LogP contribution in [-0.4, -0.2) is 0 Å². The average molecular weight is 468 g/mol. The molecule has 0 atom stereocenters. The average Bonchev–Trinajstić information content (AvgIpc) is 2.25. The molecule has 0 aliphatic rings. The van der Waals surface area contributed by atoms with E-state index in [4.69, 9.17) is 0 Å². The third kappa shape index (κ3) is 3.88. The number of aryl methyl sites for hydroxylation is 4. The molecule has 0 saturated carbocycles. The molecule has 2 aromatic heterocycles. The minimum Gasteiger partial charge on any atom is -1.00 e. The number of pyridine rings is 2. The Labute approximate surface area is 143 Å². The number of hydrogen-bond acceptors (Lipinski definition) is 0. The van der Waals surface area contributed by atoms with Crippen LogP contribution in [0.15, 0.2) is 36.7 Å². The fourth-order valence-electron chi connectivity index (χ4n) is 1.86. The molecule has 0 saturated heterocycles. The first kappa shape index (κ1) is 17.8. The third-order valence-electron chi connectivity index (χ3n) is 2.87. The summed E-state index contributed by atoms with van der Waals surface area (Å²) in [4.78, 5) is 0. The van der Waals surface area contributed by atoms with E-state index in [2.05, 4.69) is 73.7 Å². The van der Waals surface area contributed by atoms with Crippen LogP contribution in [0.1, 0.15) is 11.1 Å². The van der Waals surface area contributed by atoms with Crippen LogP contribution in [0, 0.1) is 13.8 Å². The van der Waals surface area contributed by atoms with Crippen LogP contribution in [-0.2, 0) is 14.1 Å². The van der Waals surface area contributed by atoms with E-state index in [1.807, 2.05) is 0 Å². The lowest BCUT2D eigenvalue weighted by Crippen LogP contribution is -3.00. The molecule has 0 spiro atoms. The van der Waals surface area contributed by atoms with Crippen molar-refractivity contribution in [2.45, 2.75) is 13.8 Å². The molecule has 0 amide bonds. The molecule has 2 heterocycles. The fourth-order valence-corrected chi connectivity index (χ4v) is 1.86. The van der Waals surface area contributed by atoms with Crippen molar-refractivity contribution < 1.29 is 57.1 Å². The Balaban J connectivity index is 0.00000144. The van der Waals surface area contributed by atoms with Crippen LogP contribution < -0.4 is 57.1 Å². The molecular weight excluding hydrogens is 450 g/mol. The lowest BCUT2D eigenvalue weighted by molar-refractivity contribution is -0.690. The molecule has 4 heteroatoms. The van der Waals surface area contributed by atoms with Crippen molar-refractivity contribution in [3.8, 4) is 11.4 Å². The summed E-state index contributed by atoms with van der Waals surface area (Å²) in [6.45, 7) is 4.25. The molecule has 0 unspecified atom stereocenters. The van der Waals surface area contributed by atoms with E-state index in [0.717, 1.165) is 0 Å². The van der Waals surface area contributed by atoms with Crippen LogP contribution in [0.25, 0.3) is 11.4 Å². The Morgan fingerprint density at radius 2 is 1.06 bits per heavy atom. The third-order valence-corrected chi connectivity index (χ3v) is 2.87. The maximum absolute atomic E-state index is 2.22. The van der Waals surface area contributed by atoms with E-state index in [1.165, 1.54) is 22.5 Å². The van der Waals surface area contributed by atoms with Crippen molar-refractivity contribution in [3.05, 3.63) is 47.8 Å². The SMILES string of the molecule is Cc1cc[n+](C)c(-c2cc(C)cc[n+]2C)c1.[I-].[I-]. The van der Waals surface area contributed by atoms with Gasteiger partial charge in [-0.15, -0.1) is 0 Å². The fraction of sp³-hybridized carbons (Fsp3) is 0.286. The smallest absolute Gasteiger partial charge is 0.277 e. The molecule has 0 aliphatic carbocycles. The molecule has 2 aromatic rings. The van der Waals surface area contributed by atoms with Gasteiger partial charge in [-0.25, -0.2) is 0 Å². The number of rotatable bonds is 1. The van der Waals surface area contributed by atoms with E-state index in [1.54, 1.807) is 0 Å². The first-order valence-electron chi connectivity index (χ1n) is 5.51. The Hall–Kier alpha value is -0.240. The van der Waals surface area contributed by atoms with Gasteiger partial charge in [0.2, 0.25) is 0 Å². The molecule has 18 heavy (non-hydrogen) atoms. The van der Waals surface area contributed by atoms with Gasteiger partial charge in [0.1, 0.15) is 14.1 Å². The molecule has 0 aliphatic heterocycles. The molecule has 0 aromatic carbocycles. The summed E-state index contributed by atoms with van der Waals surface area (Å²) in [5.74, 6) is 0. The maximum Gasteiger partial charge on any atom is 0.277 e. The van der Waals surface area contributed by atoms with Gasteiger partial charge in [-0.05, 0) is 25.0 Å². The number of halogens is 2. The Morgan fingerprint density at radius 1 is 0.722 bits per heavy atom. The number of nitrogens with zero attached hydrogens (tertiary/aromatic N) is 2. The summed E-state index contributed by atoms with van der Waals surface area (Å²) in [7, 11) is 4.16. The first-order valence-corrected chi connectivity index (χ1v) is 5.51. The van der Waals surface area contributed by atoms with Crippen molar-refractivity contribution >= 4 is 0 Å². The molecule has 0 fully saturated rings. The van der Waals surface area contributed by atoms with Crippen LogP contribution in [0.3, 0.4) is 0 Å². The normalized spacial score (nSPS) is 9.33. The number of aromatic nitrogens is 2. The predicted molar refractivity (Wildman–Crippen MR) is 63.7 cm³/mol. The zero-order valence-electron chi connectivity index (χ0n) is 11.1. The van der Waals surface area contributed by atoms with Gasteiger partial charge in [-0.3, -0.25) is 0 Å². The zero-order valence-corrected chi connectivity index (χ0v) is 15.4. The highest BCUT2D eigenvalue weighted by Crippen LogP contribution is 2.12. The second-order valence-corrected chi connectivity index (χ2v) is 4.40. The molecule has 0 radical (unpaired) electrons. The molecule has 2 rings (SSSR count). The first-order chi connectivity index (χ1) is 7.58. The van der Waals surface area contributed by atoms with E-state index in [9.17, 15) is 0 Å². The molecular formula is C14H18I2N2. The topological polar surface area (TPSA) is 7.76 Å². The van der Waals surface area contributed by atoms with Crippen molar-refractivity contribution in [2.24, 2.45) is 14.1 Å². The van der Waals surface area contributed by atoms with E-state index >= 15 is 0 Å². The minimum absolute atomic E-state index is 0. The van der Waals surface area contributed by atoms with Gasteiger partial charge in [0.05, 0.1) is 0 Å². The second kappa shape index (κ2) is 7.37. The standard InChI is InChI=1S/C14H18N2.2HI/c1-11-5-7-15(3)13(9-11)14-10-12(2)6-8-16(14)4;;/h5-10H,1-4H3;2*1H/q+2;;/p-2. The highest BCUT2D eigenvalue weighted by Gasteiger charge is 2.18. The predicted octanol–water partition coefficient (Wildman–Crippen LogP) is -4.37. The Morgan fingerprint density at radius 3 is 1.39 bits per heavy atom. The van der Waals surface area contributed by atoms with Crippen molar-refractivity contribution in [2.75, 3.05) is 0 Å². The highest BCUT2D eigenvalue weighted by molar-refractivity contribution is 5.48.